The molecular formula is C19H17ClN4O2S. The minimum atomic E-state index is -0.308. The number of carbonyl (C=O) groups is 1. The fourth-order valence-corrected chi connectivity index (χ4v) is 3.50. The number of hydrogen-bond acceptors (Lipinski definition) is 5. The molecule has 0 aliphatic carbocycles. The van der Waals surface area contributed by atoms with Gasteiger partial charge in [0.2, 0.25) is 5.91 Å². The van der Waals surface area contributed by atoms with Crippen LogP contribution in [0.1, 0.15) is 16.8 Å². The van der Waals surface area contributed by atoms with E-state index < -0.39 is 0 Å². The number of nitrogens with one attached hydrogen (secondary N) is 2. The molecule has 138 valence electrons. The summed E-state index contributed by atoms with van der Waals surface area (Å²) in [5.74, 6) is 0.335. The molecule has 1 aromatic carbocycles. The van der Waals surface area contributed by atoms with Gasteiger partial charge in [-0.3, -0.25) is 14.6 Å². The van der Waals surface area contributed by atoms with Crippen molar-refractivity contribution in [1.82, 2.24) is 15.0 Å². The minimum Gasteiger partial charge on any atom is -0.324 e. The fourth-order valence-electron chi connectivity index (χ4n) is 2.44. The number of pyridine rings is 1. The number of amides is 1. The van der Waals surface area contributed by atoms with Crippen LogP contribution in [-0.2, 0) is 17.0 Å². The number of benzene rings is 1. The molecule has 2 N–H and O–H groups in total. The van der Waals surface area contributed by atoms with Gasteiger partial charge in [-0.05, 0) is 36.8 Å². The molecule has 2 heterocycles. The molecule has 0 atom stereocenters. The molecule has 0 radical (unpaired) electrons. The standard InChI is InChI=1S/C19H17ClN4O2S/c1-12-16(9-17(25)23-15-6-3-7-21-10-15)18(26)24-19(22-12)27-11-13-4-2-5-14(20)8-13/h2-8,10H,9,11H2,1H3,(H,23,25)(H,22,24,26). The van der Waals surface area contributed by atoms with Crippen LogP contribution in [0.4, 0.5) is 5.69 Å². The predicted molar refractivity (Wildman–Crippen MR) is 107 cm³/mol. The average molecular weight is 401 g/mol. The number of carbonyl (C=O) groups excluding carboxylic acids is 1. The van der Waals surface area contributed by atoms with Gasteiger partial charge in [-0.15, -0.1) is 0 Å². The second-order valence-electron chi connectivity index (χ2n) is 5.82. The quantitative estimate of drug-likeness (QED) is 0.487. The van der Waals surface area contributed by atoms with Gasteiger partial charge in [-0.1, -0.05) is 35.5 Å². The number of rotatable bonds is 6. The van der Waals surface area contributed by atoms with E-state index in [4.69, 9.17) is 11.6 Å². The zero-order valence-electron chi connectivity index (χ0n) is 14.5. The van der Waals surface area contributed by atoms with Gasteiger partial charge < -0.3 is 10.3 Å². The zero-order valence-corrected chi connectivity index (χ0v) is 16.1. The number of anilines is 1. The number of aromatic nitrogens is 3. The van der Waals surface area contributed by atoms with Crippen LogP contribution in [0.5, 0.6) is 0 Å². The van der Waals surface area contributed by atoms with Crippen molar-refractivity contribution in [1.29, 1.82) is 0 Å². The van der Waals surface area contributed by atoms with Crippen LogP contribution in [0.3, 0.4) is 0 Å². The molecule has 0 bridgehead atoms. The van der Waals surface area contributed by atoms with Crippen molar-refractivity contribution < 1.29 is 4.79 Å². The number of aromatic amines is 1. The van der Waals surface area contributed by atoms with E-state index in [1.54, 1.807) is 31.5 Å². The summed E-state index contributed by atoms with van der Waals surface area (Å²) < 4.78 is 0. The first kappa shape index (κ1) is 19.1. The summed E-state index contributed by atoms with van der Waals surface area (Å²) in [5, 5.41) is 3.89. The molecule has 0 aliphatic rings. The summed E-state index contributed by atoms with van der Waals surface area (Å²) in [6, 6.07) is 11.0. The third-order valence-electron chi connectivity index (χ3n) is 3.75. The second kappa shape index (κ2) is 8.83. The first-order valence-corrected chi connectivity index (χ1v) is 9.54. The Kier molecular flexibility index (Phi) is 6.26. The van der Waals surface area contributed by atoms with Crippen LogP contribution in [0.25, 0.3) is 0 Å². The van der Waals surface area contributed by atoms with Crippen molar-refractivity contribution in [2.24, 2.45) is 0 Å². The zero-order chi connectivity index (χ0) is 19.2. The maximum atomic E-state index is 12.4. The van der Waals surface area contributed by atoms with E-state index in [0.717, 1.165) is 5.56 Å². The Morgan fingerprint density at radius 3 is 2.85 bits per heavy atom. The Bertz CT molecular complexity index is 1010. The predicted octanol–water partition coefficient (Wildman–Crippen LogP) is 3.60. The largest absolute Gasteiger partial charge is 0.324 e. The second-order valence-corrected chi connectivity index (χ2v) is 7.22. The van der Waals surface area contributed by atoms with Crippen LogP contribution >= 0.6 is 23.4 Å². The molecule has 3 aromatic rings. The lowest BCUT2D eigenvalue weighted by atomic mass is 10.1. The molecule has 1 amide bonds. The van der Waals surface area contributed by atoms with Crippen LogP contribution < -0.4 is 10.9 Å². The van der Waals surface area contributed by atoms with Gasteiger partial charge in [-0.2, -0.15) is 0 Å². The highest BCUT2D eigenvalue weighted by Gasteiger charge is 2.13. The van der Waals surface area contributed by atoms with E-state index in [-0.39, 0.29) is 17.9 Å². The molecule has 0 unspecified atom stereocenters. The van der Waals surface area contributed by atoms with E-state index in [9.17, 15) is 9.59 Å². The molecule has 0 saturated carbocycles. The lowest BCUT2D eigenvalue weighted by molar-refractivity contribution is -0.115. The summed E-state index contributed by atoms with van der Waals surface area (Å²) in [6.07, 6.45) is 3.11. The number of nitrogens with zero attached hydrogens (tertiary/aromatic N) is 2. The molecule has 8 heteroatoms. The maximum absolute atomic E-state index is 12.4. The number of halogens is 1. The third kappa shape index (κ3) is 5.42. The molecule has 0 spiro atoms. The number of thioether (sulfide) groups is 1. The van der Waals surface area contributed by atoms with E-state index in [2.05, 4.69) is 20.3 Å². The van der Waals surface area contributed by atoms with Crippen molar-refractivity contribution in [2.45, 2.75) is 24.3 Å². The van der Waals surface area contributed by atoms with E-state index >= 15 is 0 Å². The first-order valence-electron chi connectivity index (χ1n) is 8.18. The summed E-state index contributed by atoms with van der Waals surface area (Å²) in [6.45, 7) is 1.73. The Labute approximate surface area is 165 Å². The number of hydrogen-bond donors (Lipinski definition) is 2. The molecule has 0 fully saturated rings. The first-order chi connectivity index (χ1) is 13.0. The number of aryl methyl sites for hydroxylation is 1. The maximum Gasteiger partial charge on any atom is 0.255 e. The monoisotopic (exact) mass is 400 g/mol. The molecule has 2 aromatic heterocycles. The number of H-pyrrole nitrogens is 1. The minimum absolute atomic E-state index is 0.0533. The molecular weight excluding hydrogens is 384 g/mol. The van der Waals surface area contributed by atoms with E-state index in [1.807, 2.05) is 24.3 Å². The summed E-state index contributed by atoms with van der Waals surface area (Å²) in [7, 11) is 0. The third-order valence-corrected chi connectivity index (χ3v) is 4.93. The molecule has 27 heavy (non-hydrogen) atoms. The highest BCUT2D eigenvalue weighted by molar-refractivity contribution is 7.98. The highest BCUT2D eigenvalue weighted by atomic mass is 35.5. The average Bonchev–Trinajstić information content (AvgIpc) is 2.64. The Hall–Kier alpha value is -2.64. The smallest absolute Gasteiger partial charge is 0.255 e. The topological polar surface area (TPSA) is 87.7 Å². The van der Waals surface area contributed by atoms with Crippen molar-refractivity contribution >= 4 is 35.0 Å². The van der Waals surface area contributed by atoms with Crippen molar-refractivity contribution in [3.05, 3.63) is 81.0 Å². The molecule has 0 aliphatic heterocycles. The lowest BCUT2D eigenvalue weighted by Gasteiger charge is -2.08. The summed E-state index contributed by atoms with van der Waals surface area (Å²) in [5.41, 5.74) is 2.19. The summed E-state index contributed by atoms with van der Waals surface area (Å²) >= 11 is 7.39. The molecule has 6 nitrogen and oxygen atoms in total. The summed E-state index contributed by atoms with van der Waals surface area (Å²) in [4.78, 5) is 35.7. The van der Waals surface area contributed by atoms with Crippen LogP contribution in [0.2, 0.25) is 5.02 Å². The lowest BCUT2D eigenvalue weighted by Crippen LogP contribution is -2.23. The Morgan fingerprint density at radius 1 is 1.30 bits per heavy atom. The highest BCUT2D eigenvalue weighted by Crippen LogP contribution is 2.21. The SMILES string of the molecule is Cc1nc(SCc2cccc(Cl)c2)[nH]c(=O)c1CC(=O)Nc1cccnc1. The Morgan fingerprint density at radius 2 is 2.15 bits per heavy atom. The van der Waals surface area contributed by atoms with Crippen molar-refractivity contribution in [3.8, 4) is 0 Å². The van der Waals surface area contributed by atoms with Crippen LogP contribution in [-0.4, -0.2) is 20.9 Å². The van der Waals surface area contributed by atoms with Gasteiger partial charge in [0.25, 0.3) is 5.56 Å². The van der Waals surface area contributed by atoms with Gasteiger partial charge in [0.15, 0.2) is 5.16 Å². The van der Waals surface area contributed by atoms with Crippen molar-refractivity contribution in [2.75, 3.05) is 5.32 Å². The van der Waals surface area contributed by atoms with Gasteiger partial charge in [0.05, 0.1) is 18.3 Å². The van der Waals surface area contributed by atoms with Gasteiger partial charge >= 0.3 is 0 Å². The van der Waals surface area contributed by atoms with E-state index in [0.29, 0.717) is 32.9 Å². The fraction of sp³-hybridized carbons (Fsp3) is 0.158. The van der Waals surface area contributed by atoms with Crippen molar-refractivity contribution in [3.63, 3.8) is 0 Å². The normalized spacial score (nSPS) is 10.6. The molecule has 0 saturated heterocycles. The van der Waals surface area contributed by atoms with Crippen LogP contribution in [0.15, 0.2) is 58.7 Å². The van der Waals surface area contributed by atoms with E-state index in [1.165, 1.54) is 11.8 Å². The molecule has 3 rings (SSSR count). The van der Waals surface area contributed by atoms with Gasteiger partial charge in [0.1, 0.15) is 0 Å². The van der Waals surface area contributed by atoms with Crippen LogP contribution in [0, 0.1) is 6.92 Å². The Balaban J connectivity index is 1.67. The van der Waals surface area contributed by atoms with Gasteiger partial charge in [-0.25, -0.2) is 4.98 Å². The van der Waals surface area contributed by atoms with Gasteiger partial charge in [0, 0.05) is 28.2 Å².